The second kappa shape index (κ2) is 4.52. The highest BCUT2D eigenvalue weighted by Gasteiger charge is 2.33. The van der Waals surface area contributed by atoms with Crippen molar-refractivity contribution in [2.24, 2.45) is 0 Å². The average molecular weight is 393 g/mol. The van der Waals surface area contributed by atoms with Gasteiger partial charge in [-0.3, -0.25) is 0 Å². The fourth-order valence-corrected chi connectivity index (χ4v) is 1.52. The summed E-state index contributed by atoms with van der Waals surface area (Å²) >= 11 is 4.77. The van der Waals surface area contributed by atoms with Crippen LogP contribution in [0, 0.1) is 14.9 Å². The lowest BCUT2D eigenvalue weighted by Crippen LogP contribution is -2.19. The average Bonchev–Trinajstić information content (AvgIpc) is 2.10. The normalized spacial score (nSPS) is 10.9. The molecule has 0 unspecified atom stereocenters. The van der Waals surface area contributed by atoms with Gasteiger partial charge in [-0.2, -0.15) is 5.26 Å². The van der Waals surface area contributed by atoms with E-state index in [4.69, 9.17) is 5.26 Å². The Kier molecular flexibility index (Phi) is 3.77. The Balaban J connectivity index is 3.21. The summed E-state index contributed by atoms with van der Waals surface area (Å²) in [6, 6.07) is 1.60. The molecule has 0 bridgehead atoms. The standard InChI is InChI=1S/C7HBrF3IN2O/c8-4-2-14-6(15-7(9,10)11)3(1-13)5(4)12/h2H. The Labute approximate surface area is 105 Å². The predicted molar refractivity (Wildman–Crippen MR) is 56.1 cm³/mol. The monoisotopic (exact) mass is 392 g/mol. The molecule has 1 heterocycles. The molecule has 15 heavy (non-hydrogen) atoms. The van der Waals surface area contributed by atoms with Crippen molar-refractivity contribution in [2.45, 2.75) is 6.36 Å². The second-order valence-corrected chi connectivity index (χ2v) is 4.19. The summed E-state index contributed by atoms with van der Waals surface area (Å²) in [6.07, 6.45) is -3.71. The molecule has 3 nitrogen and oxygen atoms in total. The molecule has 80 valence electrons. The van der Waals surface area contributed by atoms with Crippen LogP contribution < -0.4 is 4.74 Å². The van der Waals surface area contributed by atoms with Gasteiger partial charge in [0.15, 0.2) is 0 Å². The molecule has 0 spiro atoms. The highest BCUT2D eigenvalue weighted by molar-refractivity contribution is 14.1. The fourth-order valence-electron chi connectivity index (χ4n) is 0.734. The molecular formula is C7HBrF3IN2O. The van der Waals surface area contributed by atoms with Gasteiger partial charge in [0, 0.05) is 6.20 Å². The molecule has 0 atom stereocenters. The zero-order chi connectivity index (χ0) is 11.6. The van der Waals surface area contributed by atoms with Gasteiger partial charge in [-0.15, -0.1) is 13.2 Å². The number of hydrogen-bond donors (Lipinski definition) is 0. The van der Waals surface area contributed by atoms with Gasteiger partial charge in [0.25, 0.3) is 0 Å². The highest BCUT2D eigenvalue weighted by Crippen LogP contribution is 2.30. The molecule has 0 radical (unpaired) electrons. The summed E-state index contributed by atoms with van der Waals surface area (Å²) in [5, 5.41) is 8.66. The largest absolute Gasteiger partial charge is 0.574 e. The molecule has 0 aromatic carbocycles. The van der Waals surface area contributed by atoms with E-state index in [2.05, 4.69) is 25.7 Å². The number of halogens is 5. The number of rotatable bonds is 1. The van der Waals surface area contributed by atoms with E-state index in [1.165, 1.54) is 0 Å². The van der Waals surface area contributed by atoms with Crippen LogP contribution in [0.4, 0.5) is 13.2 Å². The van der Waals surface area contributed by atoms with Crippen LogP contribution >= 0.6 is 38.5 Å². The van der Waals surface area contributed by atoms with Crippen molar-refractivity contribution in [3.8, 4) is 11.9 Å². The first kappa shape index (κ1) is 12.5. The van der Waals surface area contributed by atoms with Crippen molar-refractivity contribution in [3.63, 3.8) is 0 Å². The Morgan fingerprint density at radius 2 is 2.13 bits per heavy atom. The Bertz CT molecular complexity index is 429. The zero-order valence-electron chi connectivity index (χ0n) is 6.77. The van der Waals surface area contributed by atoms with E-state index in [0.717, 1.165) is 6.20 Å². The van der Waals surface area contributed by atoms with Crippen LogP contribution in [0.1, 0.15) is 5.56 Å². The van der Waals surface area contributed by atoms with Crippen LogP contribution in [0.25, 0.3) is 0 Å². The molecule has 0 amide bonds. The molecule has 1 aromatic rings. The van der Waals surface area contributed by atoms with Gasteiger partial charge in [-0.1, -0.05) is 0 Å². The number of nitriles is 1. The van der Waals surface area contributed by atoms with Crippen LogP contribution in [0.15, 0.2) is 10.7 Å². The molecule has 0 saturated carbocycles. The van der Waals surface area contributed by atoms with E-state index in [9.17, 15) is 13.2 Å². The summed E-state index contributed by atoms with van der Waals surface area (Å²) in [5.74, 6) is -0.738. The first-order valence-corrected chi connectivity index (χ1v) is 5.22. The van der Waals surface area contributed by atoms with Gasteiger partial charge >= 0.3 is 6.36 Å². The Morgan fingerprint density at radius 1 is 1.53 bits per heavy atom. The maximum Gasteiger partial charge on any atom is 0.574 e. The van der Waals surface area contributed by atoms with Crippen LogP contribution in [0.5, 0.6) is 5.88 Å². The Morgan fingerprint density at radius 3 is 2.60 bits per heavy atom. The number of hydrogen-bond acceptors (Lipinski definition) is 3. The van der Waals surface area contributed by atoms with E-state index in [-0.39, 0.29) is 5.56 Å². The maximum absolute atomic E-state index is 11.9. The number of pyridine rings is 1. The third kappa shape index (κ3) is 3.20. The summed E-state index contributed by atoms with van der Waals surface area (Å²) in [7, 11) is 0. The van der Waals surface area contributed by atoms with Crippen molar-refractivity contribution in [1.82, 2.24) is 4.98 Å². The summed E-state index contributed by atoms with van der Waals surface area (Å²) in [6.45, 7) is 0. The highest BCUT2D eigenvalue weighted by atomic mass is 127. The fraction of sp³-hybridized carbons (Fsp3) is 0.143. The van der Waals surface area contributed by atoms with Crippen molar-refractivity contribution < 1.29 is 17.9 Å². The number of nitrogens with zero attached hydrogens (tertiary/aromatic N) is 2. The van der Waals surface area contributed by atoms with Gasteiger partial charge in [0.2, 0.25) is 5.88 Å². The minimum Gasteiger partial charge on any atom is -0.386 e. The maximum atomic E-state index is 11.9. The van der Waals surface area contributed by atoms with E-state index in [1.54, 1.807) is 28.7 Å². The van der Waals surface area contributed by atoms with E-state index < -0.39 is 12.2 Å². The molecule has 1 aromatic heterocycles. The number of alkyl halides is 3. The molecule has 1 rings (SSSR count). The predicted octanol–water partition coefficient (Wildman–Crippen LogP) is 3.22. The molecular weight excluding hydrogens is 392 g/mol. The van der Waals surface area contributed by atoms with Gasteiger partial charge in [-0.05, 0) is 38.5 Å². The second-order valence-electron chi connectivity index (χ2n) is 2.26. The third-order valence-corrected chi connectivity index (χ3v) is 3.73. The smallest absolute Gasteiger partial charge is 0.386 e. The van der Waals surface area contributed by atoms with Crippen molar-refractivity contribution >= 4 is 38.5 Å². The van der Waals surface area contributed by atoms with E-state index >= 15 is 0 Å². The lowest BCUT2D eigenvalue weighted by molar-refractivity contribution is -0.276. The quantitative estimate of drug-likeness (QED) is 0.689. The van der Waals surface area contributed by atoms with Crippen LogP contribution in [-0.2, 0) is 0 Å². The van der Waals surface area contributed by atoms with Gasteiger partial charge in [0.1, 0.15) is 11.6 Å². The molecule has 0 saturated heterocycles. The minimum absolute atomic E-state index is 0.248. The van der Waals surface area contributed by atoms with E-state index in [0.29, 0.717) is 8.04 Å². The Hall–Kier alpha value is -0.560. The van der Waals surface area contributed by atoms with Crippen LogP contribution in [0.2, 0.25) is 0 Å². The zero-order valence-corrected chi connectivity index (χ0v) is 10.5. The van der Waals surface area contributed by atoms with Crippen molar-refractivity contribution in [3.05, 3.63) is 19.8 Å². The van der Waals surface area contributed by atoms with Gasteiger partial charge in [-0.25, -0.2) is 4.98 Å². The van der Waals surface area contributed by atoms with Gasteiger partial charge in [0.05, 0.1) is 8.04 Å². The summed E-state index contributed by atoms with van der Waals surface area (Å²) in [4.78, 5) is 3.38. The molecule has 0 aliphatic heterocycles. The van der Waals surface area contributed by atoms with Crippen LogP contribution in [-0.4, -0.2) is 11.3 Å². The van der Waals surface area contributed by atoms with E-state index in [1.807, 2.05) is 0 Å². The SMILES string of the molecule is N#Cc1c(OC(F)(F)F)ncc(Br)c1I. The van der Waals surface area contributed by atoms with Crippen LogP contribution in [0.3, 0.4) is 0 Å². The molecule has 8 heteroatoms. The number of ether oxygens (including phenoxy) is 1. The first-order valence-electron chi connectivity index (χ1n) is 3.35. The molecule has 0 aliphatic carbocycles. The summed E-state index contributed by atoms with van der Waals surface area (Å²) < 4.78 is 40.1. The molecule has 0 N–H and O–H groups in total. The van der Waals surface area contributed by atoms with Gasteiger partial charge < -0.3 is 4.74 Å². The minimum atomic E-state index is -4.85. The molecule has 0 aliphatic rings. The first-order chi connectivity index (χ1) is 6.85. The van der Waals surface area contributed by atoms with Crippen molar-refractivity contribution in [2.75, 3.05) is 0 Å². The third-order valence-electron chi connectivity index (χ3n) is 1.26. The topological polar surface area (TPSA) is 45.9 Å². The number of aromatic nitrogens is 1. The lowest BCUT2D eigenvalue weighted by atomic mass is 10.3. The molecule has 0 fully saturated rings. The van der Waals surface area contributed by atoms with Crippen molar-refractivity contribution in [1.29, 1.82) is 5.26 Å². The summed E-state index contributed by atoms with van der Waals surface area (Å²) in [5.41, 5.74) is -0.248. The lowest BCUT2D eigenvalue weighted by Gasteiger charge is -2.10.